The van der Waals surface area contributed by atoms with Crippen LogP contribution in [0.25, 0.3) is 0 Å². The molecule has 1 amide bonds. The lowest BCUT2D eigenvalue weighted by molar-refractivity contribution is -0.140. The van der Waals surface area contributed by atoms with Gasteiger partial charge in [0.05, 0.1) is 11.5 Å². The topological polar surface area (TPSA) is 121 Å². The van der Waals surface area contributed by atoms with Gasteiger partial charge in [0.1, 0.15) is 11.8 Å². The maximum absolute atomic E-state index is 11.9. The molecule has 1 rings (SSSR count). The van der Waals surface area contributed by atoms with E-state index in [1.807, 2.05) is 0 Å². The van der Waals surface area contributed by atoms with Gasteiger partial charge in [0.2, 0.25) is 5.91 Å². The van der Waals surface area contributed by atoms with Crippen molar-refractivity contribution in [1.82, 2.24) is 5.32 Å². The monoisotopic (exact) mass is 301 g/mol. The Morgan fingerprint density at radius 1 is 1.25 bits per heavy atom. The number of phenolic OH excluding ortho intramolecular Hbond substituents is 1. The summed E-state index contributed by atoms with van der Waals surface area (Å²) < 4.78 is 23.8. The molecule has 0 aliphatic carbocycles. The summed E-state index contributed by atoms with van der Waals surface area (Å²) in [5.41, 5.74) is 0.426. The fraction of sp³-hybridized carbons (Fsp3) is 0.333. The van der Waals surface area contributed by atoms with Crippen molar-refractivity contribution in [2.24, 2.45) is 0 Å². The van der Waals surface area contributed by atoms with Crippen LogP contribution in [0.3, 0.4) is 0 Å². The van der Waals surface area contributed by atoms with E-state index in [1.54, 1.807) is 0 Å². The summed E-state index contributed by atoms with van der Waals surface area (Å²) in [5.74, 6) is -3.07. The molecule has 1 unspecified atom stereocenters. The van der Waals surface area contributed by atoms with Crippen molar-refractivity contribution in [3.05, 3.63) is 29.8 Å². The molecule has 0 saturated carbocycles. The van der Waals surface area contributed by atoms with Crippen LogP contribution in [-0.4, -0.2) is 42.3 Å². The SMILES string of the molecule is CC(=O)NC(CS(=O)(=O)Cc1ccc(O)cc1)C(=O)O. The molecule has 0 bridgehead atoms. The fourth-order valence-corrected chi connectivity index (χ4v) is 3.13. The second-order valence-electron chi connectivity index (χ2n) is 4.31. The smallest absolute Gasteiger partial charge is 0.327 e. The summed E-state index contributed by atoms with van der Waals surface area (Å²) >= 11 is 0. The zero-order valence-electron chi connectivity index (χ0n) is 10.7. The van der Waals surface area contributed by atoms with Gasteiger partial charge < -0.3 is 15.5 Å². The maximum atomic E-state index is 11.9. The summed E-state index contributed by atoms with van der Waals surface area (Å²) in [6.07, 6.45) is 0. The summed E-state index contributed by atoms with van der Waals surface area (Å²) in [7, 11) is -3.71. The number of rotatable bonds is 6. The fourth-order valence-electron chi connectivity index (χ4n) is 1.58. The van der Waals surface area contributed by atoms with Gasteiger partial charge in [-0.3, -0.25) is 4.79 Å². The third-order valence-corrected chi connectivity index (χ3v) is 4.03. The normalized spacial score (nSPS) is 12.7. The molecule has 0 heterocycles. The lowest BCUT2D eigenvalue weighted by Crippen LogP contribution is -2.44. The first-order chi connectivity index (χ1) is 9.19. The number of carbonyl (C=O) groups is 2. The van der Waals surface area contributed by atoms with E-state index in [1.165, 1.54) is 24.3 Å². The Hall–Kier alpha value is -2.09. The molecule has 8 heteroatoms. The van der Waals surface area contributed by atoms with Gasteiger partial charge in [-0.2, -0.15) is 0 Å². The van der Waals surface area contributed by atoms with E-state index in [0.717, 1.165) is 6.92 Å². The molecule has 1 atom stereocenters. The first-order valence-corrected chi connectivity index (χ1v) is 7.50. The van der Waals surface area contributed by atoms with E-state index < -0.39 is 33.5 Å². The Morgan fingerprint density at radius 3 is 2.25 bits per heavy atom. The molecule has 7 nitrogen and oxygen atoms in total. The van der Waals surface area contributed by atoms with Crippen LogP contribution >= 0.6 is 0 Å². The number of hydrogen-bond donors (Lipinski definition) is 3. The average molecular weight is 301 g/mol. The number of carboxylic acids is 1. The van der Waals surface area contributed by atoms with E-state index in [0.29, 0.717) is 5.56 Å². The number of amides is 1. The highest BCUT2D eigenvalue weighted by Gasteiger charge is 2.26. The number of nitrogens with one attached hydrogen (secondary N) is 1. The largest absolute Gasteiger partial charge is 0.508 e. The molecular formula is C12H15NO6S. The predicted octanol–water partition coefficient (Wildman–Crippen LogP) is -0.104. The zero-order chi connectivity index (χ0) is 15.3. The number of carbonyl (C=O) groups excluding carboxylic acids is 1. The molecule has 1 aromatic carbocycles. The first-order valence-electron chi connectivity index (χ1n) is 5.68. The second kappa shape index (κ2) is 6.38. The van der Waals surface area contributed by atoms with Gasteiger partial charge in [-0.1, -0.05) is 12.1 Å². The summed E-state index contributed by atoms with van der Waals surface area (Å²) in [5, 5.41) is 20.0. The van der Waals surface area contributed by atoms with Crippen molar-refractivity contribution in [3.8, 4) is 5.75 Å². The van der Waals surface area contributed by atoms with Crippen molar-refractivity contribution < 1.29 is 28.2 Å². The van der Waals surface area contributed by atoms with Crippen LogP contribution in [0.2, 0.25) is 0 Å². The molecule has 0 spiro atoms. The molecule has 0 fully saturated rings. The van der Waals surface area contributed by atoms with Crippen LogP contribution < -0.4 is 5.32 Å². The zero-order valence-corrected chi connectivity index (χ0v) is 11.6. The molecule has 3 N–H and O–H groups in total. The number of sulfone groups is 1. The minimum atomic E-state index is -3.71. The standard InChI is InChI=1S/C12H15NO6S/c1-8(14)13-11(12(16)17)7-20(18,19)6-9-2-4-10(15)5-3-9/h2-5,11,15H,6-7H2,1H3,(H,13,14)(H,16,17). The molecule has 20 heavy (non-hydrogen) atoms. The Bertz CT molecular complexity index is 593. The predicted molar refractivity (Wildman–Crippen MR) is 70.8 cm³/mol. The molecular weight excluding hydrogens is 286 g/mol. The highest BCUT2D eigenvalue weighted by molar-refractivity contribution is 7.90. The van der Waals surface area contributed by atoms with Crippen LogP contribution in [0, 0.1) is 0 Å². The van der Waals surface area contributed by atoms with Gasteiger partial charge >= 0.3 is 5.97 Å². The van der Waals surface area contributed by atoms with E-state index in [-0.39, 0.29) is 11.5 Å². The molecule has 110 valence electrons. The summed E-state index contributed by atoms with van der Waals surface area (Å²) in [6.45, 7) is 1.11. The Kier molecular flexibility index (Phi) is 5.09. The van der Waals surface area contributed by atoms with Crippen molar-refractivity contribution in [3.63, 3.8) is 0 Å². The van der Waals surface area contributed by atoms with Gasteiger partial charge in [-0.25, -0.2) is 13.2 Å². The van der Waals surface area contributed by atoms with Crippen LogP contribution in [0.15, 0.2) is 24.3 Å². The van der Waals surface area contributed by atoms with E-state index in [9.17, 15) is 18.0 Å². The lowest BCUT2D eigenvalue weighted by atomic mass is 10.2. The van der Waals surface area contributed by atoms with E-state index in [2.05, 4.69) is 5.32 Å². The number of carboxylic acid groups (broad SMARTS) is 1. The Labute approximate surface area is 116 Å². The minimum Gasteiger partial charge on any atom is -0.508 e. The number of aliphatic carboxylic acids is 1. The molecule has 0 saturated heterocycles. The lowest BCUT2D eigenvalue weighted by Gasteiger charge is -2.13. The second-order valence-corrected chi connectivity index (χ2v) is 6.42. The Morgan fingerprint density at radius 2 is 1.80 bits per heavy atom. The van der Waals surface area contributed by atoms with Crippen LogP contribution in [-0.2, 0) is 25.2 Å². The molecule has 0 aliphatic rings. The quantitative estimate of drug-likeness (QED) is 0.674. The average Bonchev–Trinajstić information content (AvgIpc) is 2.30. The van der Waals surface area contributed by atoms with Crippen molar-refractivity contribution in [2.45, 2.75) is 18.7 Å². The molecule has 0 aliphatic heterocycles. The van der Waals surface area contributed by atoms with Crippen LogP contribution in [0.4, 0.5) is 0 Å². The third kappa shape index (κ3) is 5.27. The summed E-state index contributed by atoms with van der Waals surface area (Å²) in [4.78, 5) is 21.7. The van der Waals surface area contributed by atoms with Gasteiger partial charge in [0, 0.05) is 6.92 Å². The third-order valence-electron chi connectivity index (χ3n) is 2.42. The van der Waals surface area contributed by atoms with Gasteiger partial charge in [0.15, 0.2) is 9.84 Å². The first kappa shape index (κ1) is 16.0. The van der Waals surface area contributed by atoms with Crippen molar-refractivity contribution in [1.29, 1.82) is 0 Å². The summed E-state index contributed by atoms with van der Waals surface area (Å²) in [6, 6.07) is 4.07. The number of phenols is 1. The van der Waals surface area contributed by atoms with Crippen LogP contribution in [0.5, 0.6) is 5.75 Å². The molecule has 0 aromatic heterocycles. The van der Waals surface area contributed by atoms with Crippen molar-refractivity contribution >= 4 is 21.7 Å². The maximum Gasteiger partial charge on any atom is 0.327 e. The highest BCUT2D eigenvalue weighted by Crippen LogP contribution is 2.13. The number of aromatic hydroxyl groups is 1. The molecule has 0 radical (unpaired) electrons. The molecule has 1 aromatic rings. The van der Waals surface area contributed by atoms with Gasteiger partial charge in [-0.05, 0) is 17.7 Å². The highest BCUT2D eigenvalue weighted by atomic mass is 32.2. The van der Waals surface area contributed by atoms with E-state index >= 15 is 0 Å². The Balaban J connectivity index is 2.79. The van der Waals surface area contributed by atoms with Gasteiger partial charge in [0.25, 0.3) is 0 Å². The number of benzene rings is 1. The van der Waals surface area contributed by atoms with Crippen molar-refractivity contribution in [2.75, 3.05) is 5.75 Å². The minimum absolute atomic E-state index is 0.00723. The van der Waals surface area contributed by atoms with E-state index in [4.69, 9.17) is 10.2 Å². The number of hydrogen-bond acceptors (Lipinski definition) is 5. The van der Waals surface area contributed by atoms with Gasteiger partial charge in [-0.15, -0.1) is 0 Å². The van der Waals surface area contributed by atoms with Crippen LogP contribution in [0.1, 0.15) is 12.5 Å².